The average Bonchev–Trinajstić information content (AvgIpc) is 2.69. The molecule has 35 heavy (non-hydrogen) atoms. The fourth-order valence-electron chi connectivity index (χ4n) is 4.54. The van der Waals surface area contributed by atoms with Gasteiger partial charge in [-0.3, -0.25) is 9.59 Å². The van der Waals surface area contributed by atoms with Crippen molar-refractivity contribution in [1.29, 1.82) is 0 Å². The molecule has 2 aromatic carbocycles. The van der Waals surface area contributed by atoms with Crippen molar-refractivity contribution < 1.29 is 30.0 Å². The second-order valence-corrected chi connectivity index (χ2v) is 11.8. The molecule has 2 unspecified atom stereocenters. The van der Waals surface area contributed by atoms with Gasteiger partial charge in [0.15, 0.2) is 0 Å². The van der Waals surface area contributed by atoms with Crippen molar-refractivity contribution in [3.05, 3.63) is 57.6 Å². The van der Waals surface area contributed by atoms with E-state index < -0.39 is 23.8 Å². The van der Waals surface area contributed by atoms with Crippen LogP contribution in [0.5, 0.6) is 11.5 Å². The van der Waals surface area contributed by atoms with Crippen LogP contribution in [0.3, 0.4) is 0 Å². The number of phenols is 2. The minimum absolute atomic E-state index is 0.0276. The minimum Gasteiger partial charge on any atom is -0.507 e. The normalized spacial score (nSPS) is 13.9. The Kier molecular flexibility index (Phi) is 8.31. The molecule has 4 N–H and O–H groups in total. The van der Waals surface area contributed by atoms with Crippen molar-refractivity contribution in [2.24, 2.45) is 11.8 Å². The summed E-state index contributed by atoms with van der Waals surface area (Å²) in [6.45, 7) is 15.4. The van der Waals surface area contributed by atoms with Gasteiger partial charge in [-0.05, 0) is 77.3 Å². The number of hydrogen-bond donors (Lipinski definition) is 4. The van der Waals surface area contributed by atoms with E-state index >= 15 is 0 Å². The fraction of sp³-hybridized carbons (Fsp3) is 0.517. The number of hydrogen-bond acceptors (Lipinski definition) is 4. The Balaban J connectivity index is 2.37. The number of rotatable bonds is 8. The van der Waals surface area contributed by atoms with Crippen molar-refractivity contribution in [1.82, 2.24) is 0 Å². The number of aliphatic carboxylic acids is 2. The van der Waals surface area contributed by atoms with Crippen molar-refractivity contribution in [3.63, 3.8) is 0 Å². The number of benzene rings is 2. The van der Waals surface area contributed by atoms with E-state index in [0.29, 0.717) is 11.1 Å². The van der Waals surface area contributed by atoms with Crippen molar-refractivity contribution in [2.75, 3.05) is 0 Å². The van der Waals surface area contributed by atoms with Crippen LogP contribution in [0.2, 0.25) is 0 Å². The molecule has 0 bridgehead atoms. The lowest BCUT2D eigenvalue weighted by atomic mass is 9.80. The molecular weight excluding hydrogens is 444 g/mol. The lowest BCUT2D eigenvalue weighted by Gasteiger charge is -2.25. The monoisotopic (exact) mass is 484 g/mol. The smallest absolute Gasteiger partial charge is 0.306 e. The zero-order valence-electron chi connectivity index (χ0n) is 22.2. The van der Waals surface area contributed by atoms with Gasteiger partial charge in [0.25, 0.3) is 0 Å². The standard InChI is InChI=1S/C29H40O6/c1-16-9-18(13-22(24(16)30)28(3,4)5)11-20(26(32)33)15-21(27(34)35)12-19-10-17(2)25(31)23(14-19)29(6,7)8/h9-10,13-14,20-21,30-31H,11-12,15H2,1-8H3,(H,32,33)(H,34,35). The molecular formula is C29H40O6. The van der Waals surface area contributed by atoms with Crippen LogP contribution in [0.4, 0.5) is 0 Å². The highest BCUT2D eigenvalue weighted by Crippen LogP contribution is 2.37. The SMILES string of the molecule is Cc1cc(CC(CC(Cc2cc(C)c(O)c(C(C)(C)C)c2)C(=O)O)C(=O)O)cc(C(C)(C)C)c1O. The molecule has 0 spiro atoms. The summed E-state index contributed by atoms with van der Waals surface area (Å²) in [6, 6.07) is 7.20. The molecule has 0 radical (unpaired) electrons. The van der Waals surface area contributed by atoms with E-state index in [4.69, 9.17) is 0 Å². The van der Waals surface area contributed by atoms with Gasteiger partial charge in [0.1, 0.15) is 11.5 Å². The Morgan fingerprint density at radius 3 is 1.26 bits per heavy atom. The molecule has 2 aromatic rings. The highest BCUT2D eigenvalue weighted by molar-refractivity contribution is 5.74. The van der Waals surface area contributed by atoms with Crippen LogP contribution in [0.15, 0.2) is 24.3 Å². The second-order valence-electron chi connectivity index (χ2n) is 11.8. The highest BCUT2D eigenvalue weighted by atomic mass is 16.4. The first-order valence-electron chi connectivity index (χ1n) is 12.0. The van der Waals surface area contributed by atoms with Crippen LogP contribution >= 0.6 is 0 Å². The number of carbonyl (C=O) groups is 2. The average molecular weight is 485 g/mol. The van der Waals surface area contributed by atoms with Gasteiger partial charge >= 0.3 is 11.9 Å². The Labute approximate surface area is 208 Å². The van der Waals surface area contributed by atoms with Crippen LogP contribution in [-0.4, -0.2) is 32.4 Å². The predicted molar refractivity (Wildman–Crippen MR) is 137 cm³/mol. The summed E-state index contributed by atoms with van der Waals surface area (Å²) in [4.78, 5) is 24.3. The van der Waals surface area contributed by atoms with Crippen molar-refractivity contribution in [2.45, 2.75) is 85.5 Å². The molecule has 0 aromatic heterocycles. The van der Waals surface area contributed by atoms with E-state index in [0.717, 1.165) is 22.3 Å². The number of carboxylic acid groups (broad SMARTS) is 2. The maximum atomic E-state index is 12.2. The van der Waals surface area contributed by atoms with Gasteiger partial charge in [0, 0.05) is 0 Å². The molecule has 0 amide bonds. The fourth-order valence-corrected chi connectivity index (χ4v) is 4.54. The first-order valence-corrected chi connectivity index (χ1v) is 12.0. The van der Waals surface area contributed by atoms with Crippen LogP contribution in [-0.2, 0) is 33.3 Å². The third-order valence-electron chi connectivity index (χ3n) is 6.57. The summed E-state index contributed by atoms with van der Waals surface area (Å²) in [7, 11) is 0. The first-order chi connectivity index (χ1) is 15.9. The van der Waals surface area contributed by atoms with E-state index in [1.54, 1.807) is 26.0 Å². The van der Waals surface area contributed by atoms with E-state index in [9.17, 15) is 30.0 Å². The molecule has 0 aliphatic carbocycles. The van der Waals surface area contributed by atoms with E-state index in [1.807, 2.05) is 53.7 Å². The molecule has 2 atom stereocenters. The van der Waals surface area contributed by atoms with Gasteiger partial charge in [-0.2, -0.15) is 0 Å². The van der Waals surface area contributed by atoms with Gasteiger partial charge < -0.3 is 20.4 Å². The molecule has 0 aliphatic rings. The van der Waals surface area contributed by atoms with Crippen LogP contribution in [0.25, 0.3) is 0 Å². The number of aromatic hydroxyl groups is 2. The first kappa shape index (κ1) is 28.2. The number of carboxylic acids is 2. The van der Waals surface area contributed by atoms with E-state index in [-0.39, 0.29) is 41.6 Å². The lowest BCUT2D eigenvalue weighted by molar-refractivity contribution is -0.145. The van der Waals surface area contributed by atoms with Gasteiger partial charge in [-0.1, -0.05) is 65.8 Å². The van der Waals surface area contributed by atoms with Gasteiger partial charge in [-0.15, -0.1) is 0 Å². The van der Waals surface area contributed by atoms with Gasteiger partial charge in [0.05, 0.1) is 11.8 Å². The molecule has 0 heterocycles. The molecule has 6 nitrogen and oxygen atoms in total. The van der Waals surface area contributed by atoms with E-state index in [2.05, 4.69) is 0 Å². The second kappa shape index (κ2) is 10.3. The summed E-state index contributed by atoms with van der Waals surface area (Å²) in [6.07, 6.45) is 0.316. The topological polar surface area (TPSA) is 115 Å². The Morgan fingerprint density at radius 1 is 0.686 bits per heavy atom. The minimum atomic E-state index is -1.04. The molecule has 0 aliphatic heterocycles. The zero-order chi connectivity index (χ0) is 26.9. The molecule has 2 rings (SSSR count). The quantitative estimate of drug-likeness (QED) is 0.372. The van der Waals surface area contributed by atoms with Crippen LogP contribution < -0.4 is 0 Å². The summed E-state index contributed by atoms with van der Waals surface area (Å²) in [5, 5.41) is 40.9. The predicted octanol–water partition coefficient (Wildman–Crippen LogP) is 5.89. The maximum Gasteiger partial charge on any atom is 0.306 e. The third kappa shape index (κ3) is 7.00. The molecule has 0 saturated carbocycles. The van der Waals surface area contributed by atoms with Gasteiger partial charge in [0.2, 0.25) is 0 Å². The Bertz CT molecular complexity index is 1010. The van der Waals surface area contributed by atoms with Crippen LogP contribution in [0, 0.1) is 25.7 Å². The number of aryl methyl sites for hydroxylation is 2. The lowest BCUT2D eigenvalue weighted by Crippen LogP contribution is -2.26. The van der Waals surface area contributed by atoms with Crippen LogP contribution in [0.1, 0.15) is 81.3 Å². The summed E-state index contributed by atoms with van der Waals surface area (Å²) >= 11 is 0. The summed E-state index contributed by atoms with van der Waals surface area (Å²) in [5.41, 5.74) is 3.68. The summed E-state index contributed by atoms with van der Waals surface area (Å²) in [5.74, 6) is -3.47. The largest absolute Gasteiger partial charge is 0.507 e. The van der Waals surface area contributed by atoms with Crippen molar-refractivity contribution >= 4 is 11.9 Å². The number of phenolic OH excluding ortho intramolecular Hbond substituents is 2. The molecule has 0 saturated heterocycles. The summed E-state index contributed by atoms with van der Waals surface area (Å²) < 4.78 is 0. The highest BCUT2D eigenvalue weighted by Gasteiger charge is 2.30. The zero-order valence-corrected chi connectivity index (χ0v) is 22.2. The maximum absolute atomic E-state index is 12.2. The van der Waals surface area contributed by atoms with Crippen molar-refractivity contribution in [3.8, 4) is 11.5 Å². The Hall–Kier alpha value is -3.02. The molecule has 192 valence electrons. The van der Waals surface area contributed by atoms with Gasteiger partial charge in [-0.25, -0.2) is 0 Å². The van der Waals surface area contributed by atoms with E-state index in [1.165, 1.54) is 0 Å². The molecule has 0 fully saturated rings. The molecule has 6 heteroatoms. The third-order valence-corrected chi connectivity index (χ3v) is 6.57. The Morgan fingerprint density at radius 2 is 1.00 bits per heavy atom.